The Bertz CT molecular complexity index is 628. The van der Waals surface area contributed by atoms with Crippen molar-refractivity contribution in [1.82, 2.24) is 9.97 Å². The first-order valence-electron chi connectivity index (χ1n) is 6.09. The summed E-state index contributed by atoms with van der Waals surface area (Å²) < 4.78 is 0. The van der Waals surface area contributed by atoms with E-state index in [1.807, 2.05) is 18.0 Å². The lowest BCUT2D eigenvalue weighted by Gasteiger charge is -2.19. The van der Waals surface area contributed by atoms with Gasteiger partial charge in [0.1, 0.15) is 23.9 Å². The Balaban J connectivity index is 2.23. The van der Waals surface area contributed by atoms with Gasteiger partial charge in [0.2, 0.25) is 0 Å². The van der Waals surface area contributed by atoms with Gasteiger partial charge in [0.05, 0.1) is 0 Å². The van der Waals surface area contributed by atoms with Crippen molar-refractivity contribution < 1.29 is 0 Å². The lowest BCUT2D eigenvalue weighted by molar-refractivity contribution is 0.881. The Morgan fingerprint density at radius 1 is 1.21 bits per heavy atom. The van der Waals surface area contributed by atoms with Crippen LogP contribution in [0, 0.1) is 25.2 Å². The van der Waals surface area contributed by atoms with E-state index in [0.29, 0.717) is 5.69 Å². The standard InChI is InChI=1S/C15H16N4/c1-11-4-5-12(2)13(6-11)9-19(3)15-7-14(8-16)17-10-18-15/h4-7,10H,9H2,1-3H3. The number of benzene rings is 1. The maximum absolute atomic E-state index is 8.86. The minimum Gasteiger partial charge on any atom is -0.355 e. The molecule has 2 rings (SSSR count). The number of rotatable bonds is 3. The zero-order chi connectivity index (χ0) is 13.8. The van der Waals surface area contributed by atoms with Gasteiger partial charge in [0, 0.05) is 19.7 Å². The van der Waals surface area contributed by atoms with Crippen molar-refractivity contribution in [2.45, 2.75) is 20.4 Å². The van der Waals surface area contributed by atoms with Crippen molar-refractivity contribution in [3.05, 3.63) is 53.0 Å². The Hall–Kier alpha value is -2.41. The number of aromatic nitrogens is 2. The average molecular weight is 252 g/mol. The number of hydrogen-bond donors (Lipinski definition) is 0. The van der Waals surface area contributed by atoms with Crippen molar-refractivity contribution >= 4 is 5.82 Å². The highest BCUT2D eigenvalue weighted by atomic mass is 15.2. The molecule has 0 spiro atoms. The van der Waals surface area contributed by atoms with Crippen molar-refractivity contribution in [1.29, 1.82) is 5.26 Å². The van der Waals surface area contributed by atoms with Gasteiger partial charge in [0.25, 0.3) is 0 Å². The molecule has 1 aromatic heterocycles. The maximum atomic E-state index is 8.86. The molecule has 0 atom stereocenters. The molecule has 2 aromatic rings. The number of anilines is 1. The van der Waals surface area contributed by atoms with Crippen LogP contribution in [0.15, 0.2) is 30.6 Å². The lowest BCUT2D eigenvalue weighted by atomic mass is 10.1. The van der Waals surface area contributed by atoms with Crippen LogP contribution in [0.25, 0.3) is 0 Å². The van der Waals surface area contributed by atoms with Crippen LogP contribution in [0.1, 0.15) is 22.4 Å². The molecule has 19 heavy (non-hydrogen) atoms. The van der Waals surface area contributed by atoms with E-state index < -0.39 is 0 Å². The van der Waals surface area contributed by atoms with Crippen molar-refractivity contribution in [2.24, 2.45) is 0 Å². The molecule has 1 aromatic carbocycles. The summed E-state index contributed by atoms with van der Waals surface area (Å²) in [6, 6.07) is 10.1. The molecule has 0 saturated heterocycles. The van der Waals surface area contributed by atoms with Crippen LogP contribution in [0.3, 0.4) is 0 Å². The van der Waals surface area contributed by atoms with Crippen LogP contribution in [0.4, 0.5) is 5.82 Å². The number of nitriles is 1. The summed E-state index contributed by atoms with van der Waals surface area (Å²) in [4.78, 5) is 10.1. The summed E-state index contributed by atoms with van der Waals surface area (Å²) >= 11 is 0. The SMILES string of the molecule is Cc1ccc(C)c(CN(C)c2cc(C#N)ncn2)c1. The van der Waals surface area contributed by atoms with E-state index in [1.54, 1.807) is 6.07 Å². The van der Waals surface area contributed by atoms with E-state index in [9.17, 15) is 0 Å². The molecular weight excluding hydrogens is 236 g/mol. The summed E-state index contributed by atoms with van der Waals surface area (Å²) in [5.41, 5.74) is 4.15. The van der Waals surface area contributed by atoms with Crippen LogP contribution in [0.2, 0.25) is 0 Å². The summed E-state index contributed by atoms with van der Waals surface area (Å²) in [6.45, 7) is 4.94. The van der Waals surface area contributed by atoms with Crippen molar-refractivity contribution in [3.8, 4) is 6.07 Å². The van der Waals surface area contributed by atoms with E-state index in [2.05, 4.69) is 42.0 Å². The Morgan fingerprint density at radius 3 is 2.74 bits per heavy atom. The molecule has 0 aliphatic carbocycles. The minimum absolute atomic E-state index is 0.387. The molecule has 4 nitrogen and oxygen atoms in total. The number of hydrogen-bond acceptors (Lipinski definition) is 4. The van der Waals surface area contributed by atoms with Gasteiger partial charge >= 0.3 is 0 Å². The fourth-order valence-corrected chi connectivity index (χ4v) is 1.92. The highest BCUT2D eigenvalue weighted by molar-refractivity contribution is 5.43. The second-order valence-electron chi connectivity index (χ2n) is 4.66. The quantitative estimate of drug-likeness (QED) is 0.842. The van der Waals surface area contributed by atoms with Gasteiger partial charge in [-0.3, -0.25) is 0 Å². The molecule has 0 saturated carbocycles. The van der Waals surface area contributed by atoms with Crippen molar-refractivity contribution in [2.75, 3.05) is 11.9 Å². The van der Waals surface area contributed by atoms with Crippen molar-refractivity contribution in [3.63, 3.8) is 0 Å². The maximum Gasteiger partial charge on any atom is 0.145 e. The largest absolute Gasteiger partial charge is 0.355 e. The second kappa shape index (κ2) is 5.49. The van der Waals surface area contributed by atoms with E-state index in [-0.39, 0.29) is 0 Å². The van der Waals surface area contributed by atoms with Gasteiger partial charge in [-0.1, -0.05) is 23.8 Å². The predicted molar refractivity (Wildman–Crippen MR) is 74.8 cm³/mol. The molecular formula is C15H16N4. The topological polar surface area (TPSA) is 52.8 Å². The summed E-state index contributed by atoms with van der Waals surface area (Å²) in [5.74, 6) is 0.757. The summed E-state index contributed by atoms with van der Waals surface area (Å²) in [6.07, 6.45) is 1.42. The second-order valence-corrected chi connectivity index (χ2v) is 4.66. The molecule has 1 heterocycles. The first kappa shape index (κ1) is 13.0. The molecule has 0 bridgehead atoms. The summed E-state index contributed by atoms with van der Waals surface area (Å²) in [7, 11) is 1.96. The van der Waals surface area contributed by atoms with Gasteiger partial charge in [-0.25, -0.2) is 9.97 Å². The van der Waals surface area contributed by atoms with Gasteiger partial charge in [-0.05, 0) is 25.0 Å². The molecule has 0 unspecified atom stereocenters. The third-order valence-electron chi connectivity index (χ3n) is 3.07. The lowest BCUT2D eigenvalue weighted by Crippen LogP contribution is -2.18. The van der Waals surface area contributed by atoms with E-state index in [4.69, 9.17) is 5.26 Å². The van der Waals surface area contributed by atoms with Crippen LogP contribution in [-0.2, 0) is 6.54 Å². The molecule has 0 aliphatic rings. The molecule has 96 valence electrons. The minimum atomic E-state index is 0.387. The third kappa shape index (κ3) is 3.08. The number of nitrogens with zero attached hydrogens (tertiary/aromatic N) is 4. The Kier molecular flexibility index (Phi) is 3.76. The summed E-state index contributed by atoms with van der Waals surface area (Å²) in [5, 5.41) is 8.86. The van der Waals surface area contributed by atoms with E-state index in [1.165, 1.54) is 23.0 Å². The van der Waals surface area contributed by atoms with E-state index >= 15 is 0 Å². The third-order valence-corrected chi connectivity index (χ3v) is 3.07. The fraction of sp³-hybridized carbons (Fsp3) is 0.267. The van der Waals surface area contributed by atoms with Gasteiger partial charge in [0.15, 0.2) is 0 Å². The average Bonchev–Trinajstić information content (AvgIpc) is 2.43. The highest BCUT2D eigenvalue weighted by Gasteiger charge is 2.07. The Morgan fingerprint density at radius 2 is 2.00 bits per heavy atom. The zero-order valence-corrected chi connectivity index (χ0v) is 11.4. The van der Waals surface area contributed by atoms with Gasteiger partial charge < -0.3 is 4.90 Å². The van der Waals surface area contributed by atoms with Gasteiger partial charge in [-0.15, -0.1) is 0 Å². The highest BCUT2D eigenvalue weighted by Crippen LogP contribution is 2.16. The van der Waals surface area contributed by atoms with Crippen LogP contribution in [0.5, 0.6) is 0 Å². The fourth-order valence-electron chi connectivity index (χ4n) is 1.92. The van der Waals surface area contributed by atoms with Gasteiger partial charge in [-0.2, -0.15) is 5.26 Å². The van der Waals surface area contributed by atoms with Crippen LogP contribution in [-0.4, -0.2) is 17.0 Å². The molecule has 0 aliphatic heterocycles. The molecule has 4 heteroatoms. The van der Waals surface area contributed by atoms with Crippen LogP contribution >= 0.6 is 0 Å². The zero-order valence-electron chi connectivity index (χ0n) is 11.4. The molecule has 0 amide bonds. The normalized spacial score (nSPS) is 10.0. The number of aryl methyl sites for hydroxylation is 2. The Labute approximate surface area is 113 Å². The molecule has 0 fully saturated rings. The first-order chi connectivity index (χ1) is 9.10. The van der Waals surface area contributed by atoms with E-state index in [0.717, 1.165) is 12.4 Å². The molecule has 0 N–H and O–H groups in total. The monoisotopic (exact) mass is 252 g/mol. The van der Waals surface area contributed by atoms with Crippen LogP contribution < -0.4 is 4.90 Å². The molecule has 0 radical (unpaired) electrons. The first-order valence-corrected chi connectivity index (χ1v) is 6.09. The smallest absolute Gasteiger partial charge is 0.145 e. The predicted octanol–water partition coefficient (Wildman–Crippen LogP) is 2.60.